The van der Waals surface area contributed by atoms with Crippen LogP contribution < -0.4 is 10.1 Å². The van der Waals surface area contributed by atoms with E-state index in [9.17, 15) is 4.79 Å². The number of benzene rings is 1. The summed E-state index contributed by atoms with van der Waals surface area (Å²) in [7, 11) is 1.56. The molecule has 0 radical (unpaired) electrons. The minimum absolute atomic E-state index is 0.211. The summed E-state index contributed by atoms with van der Waals surface area (Å²) in [4.78, 5) is 12.3. The van der Waals surface area contributed by atoms with Gasteiger partial charge in [0, 0.05) is 11.1 Å². The number of thioether (sulfide) groups is 1. The molecule has 0 saturated carbocycles. The van der Waals surface area contributed by atoms with E-state index in [4.69, 9.17) is 9.15 Å². The summed E-state index contributed by atoms with van der Waals surface area (Å²) < 4.78 is 11.7. The molecule has 1 amide bonds. The number of para-hydroxylation sites is 1. The molecule has 0 unspecified atom stereocenters. The number of hydrogen-bond donors (Lipinski definition) is 1. The number of ether oxygens (including phenoxy) is 1. The van der Waals surface area contributed by atoms with Gasteiger partial charge in [0.25, 0.3) is 5.91 Å². The molecule has 0 bridgehead atoms. The van der Waals surface area contributed by atoms with Crippen LogP contribution in [0.25, 0.3) is 11.0 Å². The summed E-state index contributed by atoms with van der Waals surface area (Å²) in [6, 6.07) is 7.18. The minimum Gasteiger partial charge on any atom is -0.493 e. The van der Waals surface area contributed by atoms with Crippen molar-refractivity contribution in [1.29, 1.82) is 0 Å². The highest BCUT2D eigenvalue weighted by atomic mass is 32.2. The number of carbonyl (C=O) groups is 1. The van der Waals surface area contributed by atoms with Crippen molar-refractivity contribution < 1.29 is 13.9 Å². The van der Waals surface area contributed by atoms with Crippen LogP contribution in [0.5, 0.6) is 5.75 Å². The number of anilines is 1. The summed E-state index contributed by atoms with van der Waals surface area (Å²) in [6.07, 6.45) is 1.06. The van der Waals surface area contributed by atoms with Crippen molar-refractivity contribution >= 4 is 45.1 Å². The van der Waals surface area contributed by atoms with E-state index in [0.29, 0.717) is 16.5 Å². The lowest BCUT2D eigenvalue weighted by Gasteiger charge is -1.99. The lowest BCUT2D eigenvalue weighted by atomic mass is 10.2. The first-order chi connectivity index (χ1) is 11.2. The van der Waals surface area contributed by atoms with Gasteiger partial charge in [-0.3, -0.25) is 10.1 Å². The van der Waals surface area contributed by atoms with Gasteiger partial charge in [0.2, 0.25) is 5.13 Å². The normalized spacial score (nSPS) is 10.9. The summed E-state index contributed by atoms with van der Waals surface area (Å²) in [6.45, 7) is 2.10. The first-order valence-electron chi connectivity index (χ1n) is 7.05. The Bertz CT molecular complexity index is 828. The van der Waals surface area contributed by atoms with E-state index in [1.165, 1.54) is 11.3 Å². The molecule has 120 valence electrons. The van der Waals surface area contributed by atoms with Gasteiger partial charge in [0.15, 0.2) is 21.4 Å². The zero-order valence-electron chi connectivity index (χ0n) is 12.7. The SMILES string of the molecule is CCCSc1nnc(NC(=O)c2cc3cccc(OC)c3o2)s1. The van der Waals surface area contributed by atoms with Crippen LogP contribution in [0.2, 0.25) is 0 Å². The van der Waals surface area contributed by atoms with Crippen LogP contribution in [0.1, 0.15) is 23.9 Å². The summed E-state index contributed by atoms with van der Waals surface area (Å²) >= 11 is 2.98. The average Bonchev–Trinajstić information content (AvgIpc) is 3.18. The van der Waals surface area contributed by atoms with Crippen molar-refractivity contribution in [1.82, 2.24) is 10.2 Å². The van der Waals surface area contributed by atoms with Crippen LogP contribution in [0.3, 0.4) is 0 Å². The number of fused-ring (bicyclic) bond motifs is 1. The molecule has 3 rings (SSSR count). The predicted octanol–water partition coefficient (Wildman–Crippen LogP) is 4.05. The zero-order valence-corrected chi connectivity index (χ0v) is 14.3. The van der Waals surface area contributed by atoms with E-state index in [1.54, 1.807) is 31.0 Å². The average molecular weight is 349 g/mol. The molecule has 6 nitrogen and oxygen atoms in total. The van der Waals surface area contributed by atoms with Gasteiger partial charge in [0.05, 0.1) is 7.11 Å². The van der Waals surface area contributed by atoms with Gasteiger partial charge in [-0.2, -0.15) is 0 Å². The Kier molecular flexibility index (Phi) is 4.82. The number of methoxy groups -OCH3 is 1. The summed E-state index contributed by atoms with van der Waals surface area (Å²) in [5.41, 5.74) is 0.552. The molecule has 0 saturated heterocycles. The number of carbonyl (C=O) groups excluding carboxylic acids is 1. The van der Waals surface area contributed by atoms with Gasteiger partial charge >= 0.3 is 0 Å². The van der Waals surface area contributed by atoms with Crippen LogP contribution in [-0.2, 0) is 0 Å². The number of hydrogen-bond acceptors (Lipinski definition) is 7. The third-order valence-electron chi connectivity index (χ3n) is 3.01. The number of rotatable bonds is 6. The molecule has 23 heavy (non-hydrogen) atoms. The van der Waals surface area contributed by atoms with Gasteiger partial charge in [-0.25, -0.2) is 0 Å². The largest absolute Gasteiger partial charge is 0.493 e. The number of nitrogens with one attached hydrogen (secondary N) is 1. The van der Waals surface area contributed by atoms with E-state index in [2.05, 4.69) is 22.4 Å². The van der Waals surface area contributed by atoms with Crippen LogP contribution >= 0.6 is 23.1 Å². The Hall–Kier alpha value is -2.06. The minimum atomic E-state index is -0.355. The molecule has 2 heterocycles. The van der Waals surface area contributed by atoms with Gasteiger partial charge in [-0.05, 0) is 18.6 Å². The molecule has 8 heteroatoms. The highest BCUT2D eigenvalue weighted by molar-refractivity contribution is 8.01. The number of amides is 1. The quantitative estimate of drug-likeness (QED) is 0.534. The topological polar surface area (TPSA) is 77.2 Å². The number of aromatic nitrogens is 2. The van der Waals surface area contributed by atoms with E-state index < -0.39 is 0 Å². The molecule has 0 fully saturated rings. The van der Waals surface area contributed by atoms with Crippen LogP contribution in [-0.4, -0.2) is 29.0 Å². The van der Waals surface area contributed by atoms with Crippen molar-refractivity contribution in [3.05, 3.63) is 30.0 Å². The lowest BCUT2D eigenvalue weighted by molar-refractivity contribution is 0.0998. The number of nitrogens with zero attached hydrogens (tertiary/aromatic N) is 2. The van der Waals surface area contributed by atoms with Crippen molar-refractivity contribution in [3.63, 3.8) is 0 Å². The third kappa shape index (κ3) is 3.48. The first-order valence-corrected chi connectivity index (χ1v) is 8.85. The van der Waals surface area contributed by atoms with E-state index in [0.717, 1.165) is 21.9 Å². The van der Waals surface area contributed by atoms with Crippen molar-refractivity contribution in [2.24, 2.45) is 0 Å². The van der Waals surface area contributed by atoms with Gasteiger partial charge in [-0.15, -0.1) is 10.2 Å². The fraction of sp³-hybridized carbons (Fsp3) is 0.267. The molecule has 3 aromatic rings. The van der Waals surface area contributed by atoms with E-state index >= 15 is 0 Å². The van der Waals surface area contributed by atoms with E-state index in [-0.39, 0.29) is 11.7 Å². The molecule has 0 spiro atoms. The lowest BCUT2D eigenvalue weighted by Crippen LogP contribution is -2.10. The molecule has 0 aliphatic heterocycles. The van der Waals surface area contributed by atoms with Crippen molar-refractivity contribution in [3.8, 4) is 5.75 Å². The van der Waals surface area contributed by atoms with Crippen LogP contribution in [0.15, 0.2) is 33.0 Å². The second kappa shape index (κ2) is 7.01. The van der Waals surface area contributed by atoms with Crippen LogP contribution in [0.4, 0.5) is 5.13 Å². The molecular weight excluding hydrogens is 334 g/mol. The second-order valence-electron chi connectivity index (χ2n) is 4.66. The second-order valence-corrected chi connectivity index (χ2v) is 6.98. The fourth-order valence-corrected chi connectivity index (χ4v) is 3.65. The highest BCUT2D eigenvalue weighted by Gasteiger charge is 2.16. The monoisotopic (exact) mass is 349 g/mol. The molecule has 1 aromatic carbocycles. The Morgan fingerprint density at radius 1 is 1.43 bits per heavy atom. The molecular formula is C15H15N3O3S2. The van der Waals surface area contributed by atoms with Crippen LogP contribution in [0, 0.1) is 0 Å². The summed E-state index contributed by atoms with van der Waals surface area (Å²) in [5, 5.41) is 12.0. The highest BCUT2D eigenvalue weighted by Crippen LogP contribution is 2.30. The molecule has 0 aliphatic rings. The van der Waals surface area contributed by atoms with E-state index in [1.807, 2.05) is 12.1 Å². The maximum absolute atomic E-state index is 12.3. The molecule has 0 atom stereocenters. The molecule has 2 aromatic heterocycles. The van der Waals surface area contributed by atoms with Crippen molar-refractivity contribution in [2.75, 3.05) is 18.2 Å². The zero-order chi connectivity index (χ0) is 16.2. The Morgan fingerprint density at radius 3 is 3.09 bits per heavy atom. The molecule has 0 aliphatic carbocycles. The van der Waals surface area contributed by atoms with Gasteiger partial charge in [0.1, 0.15) is 0 Å². The maximum atomic E-state index is 12.3. The van der Waals surface area contributed by atoms with Crippen molar-refractivity contribution in [2.45, 2.75) is 17.7 Å². The first kappa shape index (κ1) is 15.8. The standard InChI is InChI=1S/C15H15N3O3S2/c1-3-7-22-15-18-17-14(23-15)16-13(19)11-8-9-5-4-6-10(20-2)12(9)21-11/h4-6,8H,3,7H2,1-2H3,(H,16,17,19). The fourth-order valence-electron chi connectivity index (χ4n) is 1.98. The maximum Gasteiger partial charge on any atom is 0.293 e. The predicted molar refractivity (Wildman–Crippen MR) is 91.6 cm³/mol. The number of furan rings is 1. The Labute approximate surface area is 141 Å². The Balaban J connectivity index is 1.76. The third-order valence-corrected chi connectivity index (χ3v) is 5.19. The van der Waals surface area contributed by atoms with Gasteiger partial charge in [-0.1, -0.05) is 42.2 Å². The Morgan fingerprint density at radius 2 is 2.30 bits per heavy atom. The van der Waals surface area contributed by atoms with Gasteiger partial charge < -0.3 is 9.15 Å². The molecule has 1 N–H and O–H groups in total. The summed E-state index contributed by atoms with van der Waals surface area (Å²) in [5.74, 6) is 1.43. The smallest absolute Gasteiger partial charge is 0.293 e.